The largest absolute Gasteiger partial charge is 0.309 e. The molecule has 0 aliphatic carbocycles. The van der Waals surface area contributed by atoms with Gasteiger partial charge in [0.2, 0.25) is 0 Å². The Bertz CT molecular complexity index is 3870. The van der Waals surface area contributed by atoms with Gasteiger partial charge < -0.3 is 9.13 Å². The maximum atomic E-state index is 5.39. The van der Waals surface area contributed by atoms with Gasteiger partial charge in [-0.3, -0.25) is 4.57 Å². The topological polar surface area (TPSA) is 40.6 Å². The second kappa shape index (κ2) is 13.1. The lowest BCUT2D eigenvalue weighted by Gasteiger charge is -2.14. The molecule has 284 valence electrons. The number of rotatable bonds is 5. The summed E-state index contributed by atoms with van der Waals surface area (Å²) < 4.78 is 7.24. The van der Waals surface area contributed by atoms with Gasteiger partial charge in [-0.05, 0) is 77.9 Å². The van der Waals surface area contributed by atoms with Crippen LogP contribution in [0.15, 0.2) is 212 Å². The number of benzene rings is 9. The van der Waals surface area contributed by atoms with E-state index in [0.29, 0.717) is 0 Å². The summed E-state index contributed by atoms with van der Waals surface area (Å²) in [7, 11) is 0. The molecule has 13 aromatic rings. The lowest BCUT2D eigenvalue weighted by molar-refractivity contribution is 1.08. The molecule has 5 heteroatoms. The van der Waals surface area contributed by atoms with Crippen molar-refractivity contribution in [1.29, 1.82) is 0 Å². The lowest BCUT2D eigenvalue weighted by Crippen LogP contribution is -2.04. The Balaban J connectivity index is 1.12. The van der Waals surface area contributed by atoms with Crippen LogP contribution in [0.3, 0.4) is 0 Å². The number of fused-ring (bicyclic) bond motifs is 11. The quantitative estimate of drug-likeness (QED) is 0.175. The molecular weight excluding hydrogens is 743 g/mol. The number of hydrogen-bond donors (Lipinski definition) is 0. The van der Waals surface area contributed by atoms with Crippen molar-refractivity contribution in [1.82, 2.24) is 23.7 Å². The van der Waals surface area contributed by atoms with Crippen LogP contribution < -0.4 is 0 Å². The second-order valence-electron chi connectivity index (χ2n) is 15.7. The Morgan fingerprint density at radius 1 is 0.295 bits per heavy atom. The summed E-state index contributed by atoms with van der Waals surface area (Å²) in [6.07, 6.45) is 0. The Morgan fingerprint density at radius 2 is 0.770 bits per heavy atom. The third-order valence-electron chi connectivity index (χ3n) is 12.4. The minimum absolute atomic E-state index is 0.807. The number of aromatic nitrogens is 5. The molecule has 0 bridgehead atoms. The highest BCUT2D eigenvalue weighted by atomic mass is 15.1. The van der Waals surface area contributed by atoms with Crippen molar-refractivity contribution in [2.24, 2.45) is 0 Å². The standard InChI is InChI=1S/C56H35N5/c1-3-17-36(18-4-1)38-21-15-22-39(35-38)59-45-28-12-8-24-41(45)53-50(59)33-34-51-54(53)42-25-9-13-29-46(42)60(51)48-31-16-32-49-52(48)40-23-7-14-30-47(40)61(49)56-55(37-19-5-2-6-20-37)57-43-26-10-11-27-44(43)58-56/h1-35H. The highest BCUT2D eigenvalue weighted by molar-refractivity contribution is 6.29. The van der Waals surface area contributed by atoms with Crippen molar-refractivity contribution in [3.63, 3.8) is 0 Å². The van der Waals surface area contributed by atoms with Crippen molar-refractivity contribution < 1.29 is 0 Å². The second-order valence-corrected chi connectivity index (χ2v) is 15.7. The molecule has 9 aromatic carbocycles. The van der Waals surface area contributed by atoms with Gasteiger partial charge in [-0.15, -0.1) is 0 Å². The van der Waals surface area contributed by atoms with Crippen molar-refractivity contribution in [2.45, 2.75) is 0 Å². The third kappa shape index (κ3) is 4.95. The van der Waals surface area contributed by atoms with E-state index >= 15 is 0 Å². The average molecular weight is 778 g/mol. The van der Waals surface area contributed by atoms with E-state index in [1.807, 2.05) is 24.3 Å². The summed E-state index contributed by atoms with van der Waals surface area (Å²) in [5, 5.41) is 7.27. The van der Waals surface area contributed by atoms with Crippen LogP contribution in [0.25, 0.3) is 116 Å². The van der Waals surface area contributed by atoms with E-state index < -0.39 is 0 Å². The highest BCUT2D eigenvalue weighted by Gasteiger charge is 2.25. The van der Waals surface area contributed by atoms with Crippen LogP contribution in [0.4, 0.5) is 0 Å². The van der Waals surface area contributed by atoms with Gasteiger partial charge in [0.15, 0.2) is 5.82 Å². The van der Waals surface area contributed by atoms with Gasteiger partial charge in [0.1, 0.15) is 5.69 Å². The first-order valence-corrected chi connectivity index (χ1v) is 20.8. The molecule has 0 amide bonds. The van der Waals surface area contributed by atoms with Gasteiger partial charge >= 0.3 is 0 Å². The Hall–Kier alpha value is -8.28. The first kappa shape index (κ1) is 33.7. The molecule has 0 N–H and O–H groups in total. The van der Waals surface area contributed by atoms with E-state index in [9.17, 15) is 0 Å². The smallest absolute Gasteiger partial charge is 0.165 e. The van der Waals surface area contributed by atoms with Gasteiger partial charge in [-0.2, -0.15) is 0 Å². The molecule has 0 aliphatic rings. The maximum absolute atomic E-state index is 5.39. The van der Waals surface area contributed by atoms with Crippen molar-refractivity contribution in [2.75, 3.05) is 0 Å². The molecule has 0 aliphatic heterocycles. The molecule has 4 heterocycles. The van der Waals surface area contributed by atoms with Crippen LogP contribution in [-0.2, 0) is 0 Å². The van der Waals surface area contributed by atoms with Crippen molar-refractivity contribution in [3.8, 4) is 39.6 Å². The maximum Gasteiger partial charge on any atom is 0.165 e. The van der Waals surface area contributed by atoms with Crippen LogP contribution >= 0.6 is 0 Å². The van der Waals surface area contributed by atoms with Gasteiger partial charge in [-0.1, -0.05) is 146 Å². The van der Waals surface area contributed by atoms with E-state index in [-0.39, 0.29) is 0 Å². The van der Waals surface area contributed by atoms with Crippen LogP contribution in [0.1, 0.15) is 0 Å². The molecule has 0 unspecified atom stereocenters. The first-order chi connectivity index (χ1) is 30.3. The summed E-state index contributed by atoms with van der Waals surface area (Å²) in [6.45, 7) is 0. The molecule has 0 saturated heterocycles. The van der Waals surface area contributed by atoms with E-state index in [4.69, 9.17) is 9.97 Å². The van der Waals surface area contributed by atoms with E-state index in [1.165, 1.54) is 43.7 Å². The van der Waals surface area contributed by atoms with E-state index in [0.717, 1.165) is 72.3 Å². The van der Waals surface area contributed by atoms with Crippen LogP contribution in [0, 0.1) is 0 Å². The predicted octanol–water partition coefficient (Wildman–Crippen LogP) is 14.3. The first-order valence-electron chi connectivity index (χ1n) is 20.8. The van der Waals surface area contributed by atoms with E-state index in [2.05, 4.69) is 202 Å². The summed E-state index contributed by atoms with van der Waals surface area (Å²) in [4.78, 5) is 10.7. The number of hydrogen-bond acceptors (Lipinski definition) is 2. The Kier molecular flexibility index (Phi) is 7.24. The van der Waals surface area contributed by atoms with Crippen molar-refractivity contribution >= 4 is 76.5 Å². The fraction of sp³-hybridized carbons (Fsp3) is 0. The van der Waals surface area contributed by atoms with Gasteiger partial charge in [0.25, 0.3) is 0 Å². The average Bonchev–Trinajstić information content (AvgIpc) is 3.97. The van der Waals surface area contributed by atoms with Crippen LogP contribution in [0.2, 0.25) is 0 Å². The molecule has 13 rings (SSSR count). The summed E-state index contributed by atoms with van der Waals surface area (Å²) in [5.74, 6) is 0.807. The molecule has 0 radical (unpaired) electrons. The van der Waals surface area contributed by atoms with Gasteiger partial charge in [0, 0.05) is 43.6 Å². The Labute approximate surface area is 350 Å². The molecule has 5 nitrogen and oxygen atoms in total. The molecular formula is C56H35N5. The minimum Gasteiger partial charge on any atom is -0.309 e. The number of nitrogens with zero attached hydrogens (tertiary/aromatic N) is 5. The predicted molar refractivity (Wildman–Crippen MR) is 253 cm³/mol. The zero-order chi connectivity index (χ0) is 40.0. The van der Waals surface area contributed by atoms with E-state index in [1.54, 1.807) is 0 Å². The summed E-state index contributed by atoms with van der Waals surface area (Å²) in [6, 6.07) is 75.9. The molecule has 0 atom stereocenters. The van der Waals surface area contributed by atoms with Crippen LogP contribution in [-0.4, -0.2) is 23.7 Å². The van der Waals surface area contributed by atoms with Crippen LogP contribution in [0.5, 0.6) is 0 Å². The zero-order valence-corrected chi connectivity index (χ0v) is 32.9. The van der Waals surface area contributed by atoms with Gasteiger partial charge in [-0.25, -0.2) is 9.97 Å². The molecule has 0 fully saturated rings. The fourth-order valence-corrected chi connectivity index (χ4v) is 9.86. The molecule has 61 heavy (non-hydrogen) atoms. The summed E-state index contributed by atoms with van der Waals surface area (Å²) in [5.41, 5.74) is 15.1. The monoisotopic (exact) mass is 777 g/mol. The third-order valence-corrected chi connectivity index (χ3v) is 12.4. The SMILES string of the molecule is c1ccc(-c2cccc(-n3c4ccccc4c4c5c6ccccc6n(-c6cccc7c6c6ccccc6n7-c6nc7ccccc7nc6-c6ccccc6)c5ccc43)c2)cc1. The summed E-state index contributed by atoms with van der Waals surface area (Å²) >= 11 is 0. The lowest BCUT2D eigenvalue weighted by atomic mass is 10.0. The van der Waals surface area contributed by atoms with Crippen molar-refractivity contribution in [3.05, 3.63) is 212 Å². The fourth-order valence-electron chi connectivity index (χ4n) is 9.86. The molecule has 4 aromatic heterocycles. The highest BCUT2D eigenvalue weighted by Crippen LogP contribution is 2.45. The zero-order valence-electron chi connectivity index (χ0n) is 32.9. The minimum atomic E-state index is 0.807. The number of para-hydroxylation sites is 5. The molecule has 0 spiro atoms. The molecule has 0 saturated carbocycles. The normalized spacial score (nSPS) is 11.9. The Morgan fingerprint density at radius 3 is 1.46 bits per heavy atom. The van der Waals surface area contributed by atoms with Gasteiger partial charge in [0.05, 0.1) is 49.8 Å².